The van der Waals surface area contributed by atoms with Gasteiger partial charge in [0, 0.05) is 29.6 Å². The molecule has 2 aromatic carbocycles. The molecule has 0 unspecified atom stereocenters. The van der Waals surface area contributed by atoms with Crippen LogP contribution in [0, 0.1) is 0 Å². The summed E-state index contributed by atoms with van der Waals surface area (Å²) in [6.45, 7) is 4.70. The number of aryl methyl sites for hydroxylation is 1. The molecule has 1 aromatic heterocycles. The first kappa shape index (κ1) is 19.5. The molecule has 0 saturated heterocycles. The Labute approximate surface area is 163 Å². The number of nitrogens with one attached hydrogen (secondary N) is 1. The predicted octanol–water partition coefficient (Wildman–Crippen LogP) is 4.14. The maximum atomic E-state index is 12.2. The summed E-state index contributed by atoms with van der Waals surface area (Å²) in [6.07, 6.45) is 1.21. The Morgan fingerprint density at radius 2 is 1.79 bits per heavy atom. The monoisotopic (exact) mass is 380 g/mol. The lowest BCUT2D eigenvalue weighted by molar-refractivity contribution is -0.139. The lowest BCUT2D eigenvalue weighted by Gasteiger charge is -2.21. The average molecular weight is 380 g/mol. The molecule has 6 heteroatoms. The van der Waals surface area contributed by atoms with Crippen LogP contribution in [-0.2, 0) is 22.7 Å². The van der Waals surface area contributed by atoms with E-state index in [1.54, 1.807) is 6.92 Å². The SMILES string of the molecule is CCn1cc([C@@H](C)[C@@H](NC(=O)OCc2ccccc2)C(=O)O)c2ccccc21. The molecule has 0 bridgehead atoms. The van der Waals surface area contributed by atoms with Crippen molar-refractivity contribution in [1.29, 1.82) is 0 Å². The number of nitrogens with zero attached hydrogens (tertiary/aromatic N) is 1. The van der Waals surface area contributed by atoms with Gasteiger partial charge in [0.05, 0.1) is 0 Å². The molecule has 0 aliphatic rings. The van der Waals surface area contributed by atoms with Crippen LogP contribution in [0.4, 0.5) is 4.79 Å². The molecule has 0 radical (unpaired) electrons. The normalized spacial score (nSPS) is 13.1. The number of hydrogen-bond acceptors (Lipinski definition) is 3. The van der Waals surface area contributed by atoms with E-state index < -0.39 is 24.0 Å². The summed E-state index contributed by atoms with van der Waals surface area (Å²) < 4.78 is 7.27. The molecule has 3 aromatic rings. The van der Waals surface area contributed by atoms with Crippen molar-refractivity contribution in [2.75, 3.05) is 0 Å². The van der Waals surface area contributed by atoms with Crippen LogP contribution in [0.25, 0.3) is 10.9 Å². The molecule has 28 heavy (non-hydrogen) atoms. The van der Waals surface area contributed by atoms with E-state index in [9.17, 15) is 14.7 Å². The van der Waals surface area contributed by atoms with Gasteiger partial charge >= 0.3 is 12.1 Å². The molecular weight excluding hydrogens is 356 g/mol. The first-order valence-corrected chi connectivity index (χ1v) is 9.29. The van der Waals surface area contributed by atoms with Crippen LogP contribution in [0.1, 0.15) is 30.9 Å². The zero-order chi connectivity index (χ0) is 20.1. The van der Waals surface area contributed by atoms with Crippen LogP contribution in [0.2, 0.25) is 0 Å². The molecule has 2 N–H and O–H groups in total. The third-order valence-electron chi connectivity index (χ3n) is 4.90. The maximum Gasteiger partial charge on any atom is 0.408 e. The van der Waals surface area contributed by atoms with Crippen LogP contribution < -0.4 is 5.32 Å². The number of aliphatic carboxylic acids is 1. The van der Waals surface area contributed by atoms with E-state index in [0.717, 1.165) is 28.6 Å². The van der Waals surface area contributed by atoms with Crippen LogP contribution in [0.5, 0.6) is 0 Å². The predicted molar refractivity (Wildman–Crippen MR) is 107 cm³/mol. The number of alkyl carbamates (subject to hydrolysis) is 1. The Balaban J connectivity index is 1.77. The molecule has 1 heterocycles. The second-order valence-corrected chi connectivity index (χ2v) is 6.70. The van der Waals surface area contributed by atoms with Crippen molar-refractivity contribution in [2.45, 2.75) is 39.0 Å². The standard InChI is InChI=1S/C22H24N2O4/c1-3-24-13-18(17-11-7-8-12-19(17)24)15(2)20(21(25)26)23-22(27)28-14-16-9-5-4-6-10-16/h4-13,15,20H,3,14H2,1-2H3,(H,23,27)(H,25,26)/t15-,20-/m1/s1. The number of carboxylic acid groups (broad SMARTS) is 1. The van der Waals surface area contributed by atoms with Gasteiger partial charge in [-0.1, -0.05) is 55.5 Å². The second kappa shape index (κ2) is 8.61. The van der Waals surface area contributed by atoms with E-state index in [4.69, 9.17) is 4.74 Å². The summed E-state index contributed by atoms with van der Waals surface area (Å²) in [5, 5.41) is 13.2. The molecule has 0 spiro atoms. The number of hydrogen-bond donors (Lipinski definition) is 2. The van der Waals surface area contributed by atoms with Crippen molar-refractivity contribution < 1.29 is 19.4 Å². The zero-order valence-electron chi connectivity index (χ0n) is 16.0. The topological polar surface area (TPSA) is 80.6 Å². The van der Waals surface area contributed by atoms with Gasteiger partial charge in [-0.3, -0.25) is 0 Å². The van der Waals surface area contributed by atoms with Gasteiger partial charge in [0.1, 0.15) is 12.6 Å². The summed E-state index contributed by atoms with van der Waals surface area (Å²) in [5.74, 6) is -1.53. The van der Waals surface area contributed by atoms with Gasteiger partial charge in [0.2, 0.25) is 0 Å². The van der Waals surface area contributed by atoms with Gasteiger partial charge in [-0.2, -0.15) is 0 Å². The van der Waals surface area contributed by atoms with Gasteiger partial charge in [0.25, 0.3) is 0 Å². The number of ether oxygens (including phenoxy) is 1. The molecule has 0 saturated carbocycles. The number of amides is 1. The average Bonchev–Trinajstić information content (AvgIpc) is 3.09. The number of carbonyl (C=O) groups is 2. The van der Waals surface area contributed by atoms with E-state index in [1.807, 2.05) is 67.7 Å². The zero-order valence-corrected chi connectivity index (χ0v) is 16.0. The highest BCUT2D eigenvalue weighted by atomic mass is 16.5. The number of carboxylic acids is 1. The summed E-state index contributed by atoms with van der Waals surface area (Å²) >= 11 is 0. The Hall–Kier alpha value is -3.28. The highest BCUT2D eigenvalue weighted by Gasteiger charge is 2.30. The first-order chi connectivity index (χ1) is 13.5. The molecule has 1 amide bonds. The Morgan fingerprint density at radius 1 is 1.11 bits per heavy atom. The summed E-state index contributed by atoms with van der Waals surface area (Å²) in [4.78, 5) is 24.0. The molecule has 3 rings (SSSR count). The van der Waals surface area contributed by atoms with Gasteiger partial charge in [-0.25, -0.2) is 9.59 Å². The Bertz CT molecular complexity index is 965. The lowest BCUT2D eigenvalue weighted by Crippen LogP contribution is -2.44. The number of aromatic nitrogens is 1. The largest absolute Gasteiger partial charge is 0.480 e. The fourth-order valence-electron chi connectivity index (χ4n) is 3.37. The van der Waals surface area contributed by atoms with Crippen LogP contribution in [0.15, 0.2) is 60.8 Å². The van der Waals surface area contributed by atoms with Crippen molar-refractivity contribution in [3.8, 4) is 0 Å². The highest BCUT2D eigenvalue weighted by Crippen LogP contribution is 2.30. The van der Waals surface area contributed by atoms with Gasteiger partial charge in [-0.15, -0.1) is 0 Å². The highest BCUT2D eigenvalue weighted by molar-refractivity contribution is 5.87. The Kier molecular flexibility index (Phi) is 5.99. The second-order valence-electron chi connectivity index (χ2n) is 6.70. The third-order valence-corrected chi connectivity index (χ3v) is 4.90. The number of para-hydroxylation sites is 1. The van der Waals surface area contributed by atoms with Gasteiger partial charge in [-0.05, 0) is 24.1 Å². The fraction of sp³-hybridized carbons (Fsp3) is 0.273. The molecule has 2 atom stereocenters. The quantitative estimate of drug-likeness (QED) is 0.645. The van der Waals surface area contributed by atoms with Crippen LogP contribution in [-0.4, -0.2) is 27.8 Å². The summed E-state index contributed by atoms with van der Waals surface area (Å²) in [5.41, 5.74) is 2.76. The molecule has 146 valence electrons. The van der Waals surface area contributed by atoms with Crippen molar-refractivity contribution in [2.24, 2.45) is 0 Å². The molecule has 0 aliphatic heterocycles. The maximum absolute atomic E-state index is 12.2. The van der Waals surface area contributed by atoms with Gasteiger partial charge in [0.15, 0.2) is 0 Å². The van der Waals surface area contributed by atoms with Crippen molar-refractivity contribution in [3.05, 3.63) is 71.9 Å². The third kappa shape index (κ3) is 4.17. The first-order valence-electron chi connectivity index (χ1n) is 9.29. The van der Waals surface area contributed by atoms with Crippen molar-refractivity contribution in [1.82, 2.24) is 9.88 Å². The van der Waals surface area contributed by atoms with Crippen molar-refractivity contribution in [3.63, 3.8) is 0 Å². The lowest BCUT2D eigenvalue weighted by atomic mass is 9.93. The number of benzene rings is 2. The molecule has 6 nitrogen and oxygen atoms in total. The molecule has 0 fully saturated rings. The number of rotatable bonds is 7. The van der Waals surface area contributed by atoms with E-state index in [0.29, 0.717) is 0 Å². The van der Waals surface area contributed by atoms with E-state index in [2.05, 4.69) is 9.88 Å². The fourth-order valence-corrected chi connectivity index (χ4v) is 3.37. The molecular formula is C22H24N2O4. The summed E-state index contributed by atoms with van der Waals surface area (Å²) in [6, 6.07) is 16.0. The number of carbonyl (C=O) groups excluding carboxylic acids is 1. The van der Waals surface area contributed by atoms with E-state index in [1.165, 1.54) is 0 Å². The minimum Gasteiger partial charge on any atom is -0.480 e. The van der Waals surface area contributed by atoms with Crippen molar-refractivity contribution >= 4 is 23.0 Å². The van der Waals surface area contributed by atoms with E-state index >= 15 is 0 Å². The minimum absolute atomic E-state index is 0.0858. The van der Waals surface area contributed by atoms with Gasteiger partial charge < -0.3 is 19.7 Å². The van der Waals surface area contributed by atoms with Crippen LogP contribution in [0.3, 0.4) is 0 Å². The minimum atomic E-state index is -1.10. The van der Waals surface area contributed by atoms with E-state index in [-0.39, 0.29) is 6.61 Å². The number of fused-ring (bicyclic) bond motifs is 1. The molecule has 0 aliphatic carbocycles. The summed E-state index contributed by atoms with van der Waals surface area (Å²) in [7, 11) is 0. The van der Waals surface area contributed by atoms with Crippen LogP contribution >= 0.6 is 0 Å². The smallest absolute Gasteiger partial charge is 0.408 e. The Morgan fingerprint density at radius 3 is 2.46 bits per heavy atom.